The molecule has 5 rings (SSSR count). The van der Waals surface area contributed by atoms with Crippen LogP contribution < -0.4 is 24.8 Å². The molecule has 3 aliphatic rings. The van der Waals surface area contributed by atoms with Crippen LogP contribution in [-0.2, 0) is 21.3 Å². The largest absolute Gasteiger partial charge is 1.00 e. The Morgan fingerprint density at radius 1 is 0.812 bits per heavy atom. The predicted molar refractivity (Wildman–Crippen MR) is 126 cm³/mol. The van der Waals surface area contributed by atoms with E-state index in [1.807, 2.05) is 0 Å². The van der Waals surface area contributed by atoms with Gasteiger partial charge in [0.05, 0.1) is 0 Å². The first-order valence-corrected chi connectivity index (χ1v) is 15.2. The standard InChI is InChI=1S/C13H10.C9H11.C7H9.2ClH.Zr/c1-3-7-12(8-4-1)11-13-9-5-2-6-10-13;1-2-5-9-7-3-6-8(9)4-1;1-6-4-3-5-7(6)2;;;/h1-10H;3,6-7H,1-2,4-5H2;4H,5H2,1-2H3;2*1H;/q;;;;;+2/p-2. The van der Waals surface area contributed by atoms with Crippen molar-refractivity contribution >= 4 is 3.21 Å². The molecule has 0 heterocycles. The van der Waals surface area contributed by atoms with Crippen molar-refractivity contribution in [2.45, 2.75) is 49.6 Å². The van der Waals surface area contributed by atoms with Gasteiger partial charge in [0, 0.05) is 0 Å². The summed E-state index contributed by atoms with van der Waals surface area (Å²) in [5, 5.41) is 0. The number of halogens is 2. The van der Waals surface area contributed by atoms with Crippen molar-refractivity contribution < 1.29 is 46.1 Å². The summed E-state index contributed by atoms with van der Waals surface area (Å²) in [6.07, 6.45) is 14.2. The molecule has 3 aliphatic carbocycles. The Morgan fingerprint density at radius 2 is 1.41 bits per heavy atom. The summed E-state index contributed by atoms with van der Waals surface area (Å²) < 4.78 is 4.15. The summed E-state index contributed by atoms with van der Waals surface area (Å²) in [6, 6.07) is 22.5. The van der Waals surface area contributed by atoms with Crippen LogP contribution >= 0.6 is 0 Å². The minimum atomic E-state index is -2.27. The minimum absolute atomic E-state index is 0. The maximum absolute atomic E-state index is 2.61. The molecule has 0 radical (unpaired) electrons. The van der Waals surface area contributed by atoms with Gasteiger partial charge in [0.1, 0.15) is 0 Å². The van der Waals surface area contributed by atoms with Gasteiger partial charge in [-0.1, -0.05) is 0 Å². The number of allylic oxidation sites excluding steroid dienone is 8. The van der Waals surface area contributed by atoms with E-state index in [9.17, 15) is 0 Å². The second kappa shape index (κ2) is 11.2. The van der Waals surface area contributed by atoms with E-state index in [4.69, 9.17) is 0 Å². The van der Waals surface area contributed by atoms with Gasteiger partial charge in [0.25, 0.3) is 0 Å². The van der Waals surface area contributed by atoms with E-state index in [0.717, 1.165) is 0 Å². The Balaban J connectivity index is 0.00000144. The van der Waals surface area contributed by atoms with E-state index >= 15 is 0 Å². The Hall–Kier alpha value is -1.27. The SMILES string of the molecule is CC1=C(C)C[C]([Zr+2](=[C](c2ccccc2)c2ccccc2)[CH]2C=CC3=C2CCCC3)=C1.[Cl-].[Cl-]. The van der Waals surface area contributed by atoms with E-state index in [1.54, 1.807) is 23.2 Å². The molecule has 0 nitrogen and oxygen atoms in total. The molecule has 0 spiro atoms. The van der Waals surface area contributed by atoms with Crippen LogP contribution in [0.15, 0.2) is 104 Å². The van der Waals surface area contributed by atoms with Crippen molar-refractivity contribution in [3.8, 4) is 0 Å². The van der Waals surface area contributed by atoms with Crippen LogP contribution in [0.3, 0.4) is 0 Å². The molecule has 0 saturated heterocycles. The van der Waals surface area contributed by atoms with Crippen LogP contribution in [0.5, 0.6) is 0 Å². The summed E-state index contributed by atoms with van der Waals surface area (Å²) in [7, 11) is 0. The van der Waals surface area contributed by atoms with Gasteiger partial charge in [0.15, 0.2) is 0 Å². The van der Waals surface area contributed by atoms with E-state index in [2.05, 4.69) is 92.7 Å². The van der Waals surface area contributed by atoms with Gasteiger partial charge in [0.2, 0.25) is 0 Å². The third-order valence-corrected chi connectivity index (χ3v) is 15.1. The average molecular weight is 541 g/mol. The van der Waals surface area contributed by atoms with Crippen LogP contribution in [0.1, 0.15) is 57.1 Å². The fourth-order valence-corrected chi connectivity index (χ4v) is 14.6. The Labute approximate surface area is 213 Å². The maximum atomic E-state index is 2.61. The van der Waals surface area contributed by atoms with Gasteiger partial charge in [-0.2, -0.15) is 0 Å². The molecule has 32 heavy (non-hydrogen) atoms. The molecular formula is C29H30Cl2Zr. The quantitative estimate of drug-likeness (QED) is 0.555. The second-order valence-electron chi connectivity index (χ2n) is 8.92. The smallest absolute Gasteiger partial charge is 1.00 e. The number of benzene rings is 2. The molecule has 0 fully saturated rings. The molecule has 0 saturated carbocycles. The third kappa shape index (κ3) is 4.96. The molecule has 164 valence electrons. The van der Waals surface area contributed by atoms with E-state index in [0.29, 0.717) is 3.63 Å². The van der Waals surface area contributed by atoms with E-state index in [1.165, 1.54) is 48.8 Å². The molecule has 1 unspecified atom stereocenters. The molecule has 0 aromatic heterocycles. The predicted octanol–water partition coefficient (Wildman–Crippen LogP) is 1.73. The minimum Gasteiger partial charge on any atom is -1.00 e. The molecule has 2 aromatic carbocycles. The molecule has 0 N–H and O–H groups in total. The van der Waals surface area contributed by atoms with Gasteiger partial charge in [-0.15, -0.1) is 0 Å². The number of hydrogen-bond donors (Lipinski definition) is 0. The summed E-state index contributed by atoms with van der Waals surface area (Å²) in [4.78, 5) is 0. The summed E-state index contributed by atoms with van der Waals surface area (Å²) in [5.41, 5.74) is 9.43. The van der Waals surface area contributed by atoms with Crippen molar-refractivity contribution in [2.75, 3.05) is 0 Å². The van der Waals surface area contributed by atoms with Crippen LogP contribution in [0.2, 0.25) is 3.63 Å². The maximum Gasteiger partial charge on any atom is -1.00 e. The molecule has 0 aliphatic heterocycles. The molecular weight excluding hydrogens is 510 g/mol. The fraction of sp³-hybridized carbons (Fsp3) is 0.276. The molecule has 1 atom stereocenters. The van der Waals surface area contributed by atoms with Crippen molar-refractivity contribution in [2.24, 2.45) is 0 Å². The van der Waals surface area contributed by atoms with Crippen LogP contribution in [0, 0.1) is 0 Å². The fourth-order valence-electron chi connectivity index (χ4n) is 5.33. The summed E-state index contributed by atoms with van der Waals surface area (Å²) in [6.45, 7) is 4.64. The second-order valence-corrected chi connectivity index (χ2v) is 15.3. The van der Waals surface area contributed by atoms with Gasteiger partial charge < -0.3 is 24.8 Å². The first-order valence-electron chi connectivity index (χ1n) is 11.3. The van der Waals surface area contributed by atoms with E-state index < -0.39 is 21.3 Å². The van der Waals surface area contributed by atoms with Crippen molar-refractivity contribution in [3.05, 3.63) is 116 Å². The Morgan fingerprint density at radius 3 is 1.97 bits per heavy atom. The Bertz CT molecular complexity index is 1080. The summed E-state index contributed by atoms with van der Waals surface area (Å²) in [5.74, 6) is 0. The monoisotopic (exact) mass is 538 g/mol. The van der Waals surface area contributed by atoms with Crippen molar-refractivity contribution in [3.63, 3.8) is 0 Å². The normalized spacial score (nSPS) is 18.9. The zero-order valence-corrected chi connectivity index (χ0v) is 22.8. The van der Waals surface area contributed by atoms with Gasteiger partial charge in [-0.25, -0.2) is 0 Å². The van der Waals surface area contributed by atoms with Crippen molar-refractivity contribution in [1.82, 2.24) is 0 Å². The topological polar surface area (TPSA) is 0 Å². The third-order valence-electron chi connectivity index (χ3n) is 6.99. The van der Waals surface area contributed by atoms with Crippen LogP contribution in [0.4, 0.5) is 0 Å². The first kappa shape index (κ1) is 25.4. The number of hydrogen-bond acceptors (Lipinski definition) is 0. The van der Waals surface area contributed by atoms with E-state index in [-0.39, 0.29) is 24.8 Å². The van der Waals surface area contributed by atoms with Crippen LogP contribution in [0.25, 0.3) is 0 Å². The number of rotatable bonds is 4. The van der Waals surface area contributed by atoms with Gasteiger partial charge in [-0.3, -0.25) is 0 Å². The first-order chi connectivity index (χ1) is 14.7. The van der Waals surface area contributed by atoms with Crippen molar-refractivity contribution in [1.29, 1.82) is 0 Å². The van der Waals surface area contributed by atoms with Gasteiger partial charge in [-0.05, 0) is 0 Å². The zero-order chi connectivity index (χ0) is 20.5. The summed E-state index contributed by atoms with van der Waals surface area (Å²) >= 11 is -2.27. The Kier molecular flexibility index (Phi) is 8.91. The van der Waals surface area contributed by atoms with Crippen LogP contribution in [-0.4, -0.2) is 3.21 Å². The molecule has 2 aromatic rings. The zero-order valence-electron chi connectivity index (χ0n) is 18.9. The molecule has 0 bridgehead atoms. The average Bonchev–Trinajstić information content (AvgIpc) is 3.36. The van der Waals surface area contributed by atoms with Gasteiger partial charge >= 0.3 is 190 Å². The molecule has 3 heteroatoms. The molecule has 0 amide bonds.